The third-order valence-electron chi connectivity index (χ3n) is 4.11. The molecule has 1 rings (SSSR count). The summed E-state index contributed by atoms with van der Waals surface area (Å²) in [7, 11) is 0. The van der Waals surface area contributed by atoms with Gasteiger partial charge in [0.1, 0.15) is 0 Å². The van der Waals surface area contributed by atoms with E-state index in [2.05, 4.69) is 42.5 Å². The summed E-state index contributed by atoms with van der Waals surface area (Å²) in [6.07, 6.45) is 17.9. The van der Waals surface area contributed by atoms with Crippen LogP contribution in [0.3, 0.4) is 0 Å². The summed E-state index contributed by atoms with van der Waals surface area (Å²) in [5.41, 5.74) is 1.45. The number of aryl methyl sites for hydroxylation is 1. The molecule has 2 nitrogen and oxygen atoms in total. The highest BCUT2D eigenvalue weighted by Gasteiger charge is 1.96. The lowest BCUT2D eigenvalue weighted by Crippen LogP contribution is -1.93. The zero-order valence-corrected chi connectivity index (χ0v) is 14.4. The first-order valence-corrected chi connectivity index (χ1v) is 9.20. The van der Waals surface area contributed by atoms with Gasteiger partial charge in [-0.3, -0.25) is 4.79 Å². The van der Waals surface area contributed by atoms with E-state index in [9.17, 15) is 4.79 Å². The number of carbonyl (C=O) groups is 1. The molecule has 1 N–H and O–H groups in total. The molecule has 0 heterocycles. The normalized spacial score (nSPS) is 11.1. The van der Waals surface area contributed by atoms with Crippen molar-refractivity contribution >= 4 is 5.97 Å². The lowest BCUT2D eigenvalue weighted by Gasteiger charge is -2.00. The first kappa shape index (κ1) is 19.5. The molecule has 0 bridgehead atoms. The Balaban J connectivity index is 1.81. The highest BCUT2D eigenvalue weighted by atomic mass is 16.4. The first-order valence-electron chi connectivity index (χ1n) is 9.20. The van der Waals surface area contributed by atoms with Gasteiger partial charge in [0.2, 0.25) is 0 Å². The lowest BCUT2D eigenvalue weighted by atomic mass is 10.1. The van der Waals surface area contributed by atoms with E-state index in [1.54, 1.807) is 0 Å². The van der Waals surface area contributed by atoms with Crippen LogP contribution in [-0.4, -0.2) is 11.1 Å². The van der Waals surface area contributed by atoms with Crippen molar-refractivity contribution in [1.82, 2.24) is 0 Å². The Labute approximate surface area is 141 Å². The zero-order chi connectivity index (χ0) is 16.6. The number of aliphatic carboxylic acids is 1. The van der Waals surface area contributed by atoms with Gasteiger partial charge in [-0.1, -0.05) is 68.2 Å². The van der Waals surface area contributed by atoms with Crippen LogP contribution in [0.2, 0.25) is 0 Å². The zero-order valence-electron chi connectivity index (χ0n) is 14.4. The fourth-order valence-corrected chi connectivity index (χ4v) is 2.72. The topological polar surface area (TPSA) is 37.3 Å². The van der Waals surface area contributed by atoms with Gasteiger partial charge in [-0.05, 0) is 50.5 Å². The molecule has 23 heavy (non-hydrogen) atoms. The van der Waals surface area contributed by atoms with E-state index in [-0.39, 0.29) is 0 Å². The molecule has 0 radical (unpaired) electrons. The van der Waals surface area contributed by atoms with Crippen LogP contribution in [0.25, 0.3) is 0 Å². The quantitative estimate of drug-likeness (QED) is 0.329. The molecule has 0 aromatic heterocycles. The molecule has 0 atom stereocenters. The molecule has 0 spiro atoms. The van der Waals surface area contributed by atoms with Crippen LogP contribution >= 0.6 is 0 Å². The van der Waals surface area contributed by atoms with Crippen LogP contribution in [-0.2, 0) is 11.2 Å². The Morgan fingerprint density at radius 3 is 2.00 bits per heavy atom. The van der Waals surface area contributed by atoms with E-state index < -0.39 is 5.97 Å². The number of carboxylic acids is 1. The second-order valence-corrected chi connectivity index (χ2v) is 6.26. The van der Waals surface area contributed by atoms with Gasteiger partial charge in [0.05, 0.1) is 0 Å². The summed E-state index contributed by atoms with van der Waals surface area (Å²) in [6.45, 7) is 0. The van der Waals surface area contributed by atoms with Crippen LogP contribution in [0, 0.1) is 0 Å². The Bertz CT molecular complexity index is 423. The Kier molecular flexibility index (Phi) is 11.9. The molecule has 128 valence electrons. The molecule has 0 aliphatic carbocycles. The fraction of sp³-hybridized carbons (Fsp3) is 0.571. The summed E-state index contributed by atoms with van der Waals surface area (Å²) < 4.78 is 0. The average Bonchev–Trinajstić information content (AvgIpc) is 2.56. The van der Waals surface area contributed by atoms with E-state index >= 15 is 0 Å². The third kappa shape index (κ3) is 12.6. The molecule has 1 aromatic rings. The maximum absolute atomic E-state index is 10.4. The van der Waals surface area contributed by atoms with Crippen molar-refractivity contribution in [1.29, 1.82) is 0 Å². The Morgan fingerprint density at radius 1 is 0.783 bits per heavy atom. The van der Waals surface area contributed by atoms with Gasteiger partial charge in [-0.25, -0.2) is 0 Å². The van der Waals surface area contributed by atoms with Crippen LogP contribution in [0.1, 0.15) is 76.2 Å². The number of hydrogen-bond donors (Lipinski definition) is 1. The summed E-state index contributed by atoms with van der Waals surface area (Å²) in [5, 5.41) is 8.54. The van der Waals surface area contributed by atoms with Gasteiger partial charge < -0.3 is 5.11 Å². The molecule has 0 aliphatic heterocycles. The molecular formula is C21H32O2. The number of unbranched alkanes of at least 4 members (excludes halogenated alkanes) is 8. The molecule has 0 amide bonds. The van der Waals surface area contributed by atoms with Crippen molar-refractivity contribution in [3.05, 3.63) is 48.0 Å². The lowest BCUT2D eigenvalue weighted by molar-refractivity contribution is -0.137. The van der Waals surface area contributed by atoms with E-state index in [0.717, 1.165) is 12.8 Å². The standard InChI is InChI=1S/C21H32O2/c22-21(23)19-15-10-8-6-4-2-1-3-5-7-9-12-16-20-17-13-11-14-18-20/h1,3,11,13-14,17-18H,2,4-10,12,15-16,19H2,(H,22,23)/b3-1+. The van der Waals surface area contributed by atoms with Gasteiger partial charge in [0, 0.05) is 6.42 Å². The second kappa shape index (κ2) is 14.0. The third-order valence-corrected chi connectivity index (χ3v) is 4.11. The minimum Gasteiger partial charge on any atom is -0.481 e. The first-order chi connectivity index (χ1) is 11.3. The van der Waals surface area contributed by atoms with Crippen LogP contribution in [0.15, 0.2) is 42.5 Å². The summed E-state index contributed by atoms with van der Waals surface area (Å²) in [5.74, 6) is -0.670. The molecule has 2 heteroatoms. The van der Waals surface area contributed by atoms with Gasteiger partial charge in [0.15, 0.2) is 0 Å². The SMILES string of the molecule is O=C(O)CCCCCCC/C=C/CCCCCc1ccccc1. The van der Waals surface area contributed by atoms with E-state index in [1.807, 2.05) is 0 Å². The summed E-state index contributed by atoms with van der Waals surface area (Å²) in [6, 6.07) is 10.7. The number of benzene rings is 1. The molecule has 0 saturated heterocycles. The van der Waals surface area contributed by atoms with E-state index in [1.165, 1.54) is 63.4 Å². The number of rotatable bonds is 14. The van der Waals surface area contributed by atoms with Crippen LogP contribution < -0.4 is 0 Å². The highest BCUT2D eigenvalue weighted by molar-refractivity contribution is 5.66. The van der Waals surface area contributed by atoms with Gasteiger partial charge in [-0.15, -0.1) is 0 Å². The number of allylic oxidation sites excluding steroid dienone is 2. The van der Waals surface area contributed by atoms with E-state index in [0.29, 0.717) is 6.42 Å². The second-order valence-electron chi connectivity index (χ2n) is 6.26. The van der Waals surface area contributed by atoms with Crippen LogP contribution in [0.4, 0.5) is 0 Å². The van der Waals surface area contributed by atoms with Crippen molar-refractivity contribution < 1.29 is 9.90 Å². The minimum atomic E-state index is -0.670. The fourth-order valence-electron chi connectivity index (χ4n) is 2.72. The van der Waals surface area contributed by atoms with E-state index in [4.69, 9.17) is 5.11 Å². The smallest absolute Gasteiger partial charge is 0.303 e. The molecular weight excluding hydrogens is 284 g/mol. The van der Waals surface area contributed by atoms with Crippen molar-refractivity contribution in [3.63, 3.8) is 0 Å². The average molecular weight is 316 g/mol. The molecule has 0 unspecified atom stereocenters. The monoisotopic (exact) mass is 316 g/mol. The highest BCUT2D eigenvalue weighted by Crippen LogP contribution is 2.10. The number of hydrogen-bond acceptors (Lipinski definition) is 1. The largest absolute Gasteiger partial charge is 0.481 e. The molecule has 1 aromatic carbocycles. The predicted molar refractivity (Wildman–Crippen MR) is 97.7 cm³/mol. The number of carboxylic acid groups (broad SMARTS) is 1. The predicted octanol–water partition coefficient (Wildman–Crippen LogP) is 6.16. The summed E-state index contributed by atoms with van der Waals surface area (Å²) in [4.78, 5) is 10.4. The maximum Gasteiger partial charge on any atom is 0.303 e. The summed E-state index contributed by atoms with van der Waals surface area (Å²) >= 11 is 0. The molecule has 0 aliphatic rings. The maximum atomic E-state index is 10.4. The van der Waals surface area contributed by atoms with Gasteiger partial charge in [-0.2, -0.15) is 0 Å². The molecule has 0 fully saturated rings. The van der Waals surface area contributed by atoms with Gasteiger partial charge >= 0.3 is 5.97 Å². The Hall–Kier alpha value is -1.57. The van der Waals surface area contributed by atoms with Crippen LogP contribution in [0.5, 0.6) is 0 Å². The van der Waals surface area contributed by atoms with Crippen molar-refractivity contribution in [2.45, 2.75) is 77.0 Å². The van der Waals surface area contributed by atoms with Crippen molar-refractivity contribution in [2.75, 3.05) is 0 Å². The Morgan fingerprint density at radius 2 is 1.35 bits per heavy atom. The minimum absolute atomic E-state index is 0.324. The van der Waals surface area contributed by atoms with Crippen molar-refractivity contribution in [2.24, 2.45) is 0 Å². The van der Waals surface area contributed by atoms with Crippen molar-refractivity contribution in [3.8, 4) is 0 Å². The molecule has 0 saturated carbocycles. The van der Waals surface area contributed by atoms with Gasteiger partial charge in [0.25, 0.3) is 0 Å².